The van der Waals surface area contributed by atoms with Crippen LogP contribution in [-0.2, 0) is 4.79 Å². The molecule has 0 bridgehead atoms. The van der Waals surface area contributed by atoms with Crippen LogP contribution in [0.3, 0.4) is 0 Å². The average Bonchev–Trinajstić information content (AvgIpc) is 3.45. The number of hydrogen-bond acceptors (Lipinski definition) is 9. The minimum atomic E-state index is 0.405. The molecule has 0 radical (unpaired) electrons. The molecular weight excluding hydrogens is 465 g/mol. The van der Waals surface area contributed by atoms with Crippen molar-refractivity contribution in [1.82, 2.24) is 0 Å². The first kappa shape index (κ1) is 22.2. The van der Waals surface area contributed by atoms with Crippen LogP contribution in [0.25, 0.3) is 0 Å². The molecule has 0 N–H and O–H groups in total. The second-order valence-corrected chi connectivity index (χ2v) is 15.9. The normalized spacial score (nSPS) is 27.9. The number of carbonyl (C=O) groups excluding carboxylic acids is 1. The van der Waals surface area contributed by atoms with Crippen molar-refractivity contribution in [3.8, 4) is 0 Å². The predicted molar refractivity (Wildman–Crippen MR) is 134 cm³/mol. The van der Waals surface area contributed by atoms with Crippen molar-refractivity contribution in [1.29, 1.82) is 0 Å². The van der Waals surface area contributed by atoms with Gasteiger partial charge in [-0.3, -0.25) is 4.79 Å². The number of thioether (sulfide) groups is 8. The Hall–Kier alpha value is 2.47. The molecule has 9 heteroatoms. The zero-order chi connectivity index (χ0) is 17.3. The first-order valence-corrected chi connectivity index (χ1v) is 17.3. The first-order valence-electron chi connectivity index (χ1n) is 8.65. The van der Waals surface area contributed by atoms with E-state index < -0.39 is 0 Å². The van der Waals surface area contributed by atoms with Crippen LogP contribution in [0.4, 0.5) is 0 Å². The van der Waals surface area contributed by atoms with Crippen LogP contribution in [0.2, 0.25) is 0 Å². The topological polar surface area (TPSA) is 17.1 Å². The van der Waals surface area contributed by atoms with Crippen LogP contribution in [0, 0.1) is 0 Å². The highest BCUT2D eigenvalue weighted by Crippen LogP contribution is 2.35. The SMILES string of the molecule is O=C(CSCC1CS1)SC(CSCCSCC1CS1)CSCC1CS1. The van der Waals surface area contributed by atoms with Gasteiger partial charge in [0.2, 0.25) is 0 Å². The summed E-state index contributed by atoms with van der Waals surface area (Å²) in [5.41, 5.74) is 0. The van der Waals surface area contributed by atoms with Gasteiger partial charge in [0.15, 0.2) is 5.12 Å². The molecule has 25 heavy (non-hydrogen) atoms. The summed E-state index contributed by atoms with van der Waals surface area (Å²) in [4.78, 5) is 12.3. The van der Waals surface area contributed by atoms with E-state index in [1.54, 1.807) is 11.8 Å². The maximum Gasteiger partial charge on any atom is 0.199 e. The van der Waals surface area contributed by atoms with Gasteiger partial charge in [0.05, 0.1) is 5.75 Å². The highest BCUT2D eigenvalue weighted by Gasteiger charge is 2.25. The third-order valence-corrected chi connectivity index (χ3v) is 13.7. The van der Waals surface area contributed by atoms with E-state index in [-0.39, 0.29) is 0 Å². The third kappa shape index (κ3) is 11.9. The fraction of sp³-hybridized carbons (Fsp3) is 0.938. The summed E-state index contributed by atoms with van der Waals surface area (Å²) in [6.07, 6.45) is 0. The maximum atomic E-state index is 12.3. The summed E-state index contributed by atoms with van der Waals surface area (Å²) >= 11 is 15.9. The van der Waals surface area contributed by atoms with Gasteiger partial charge in [-0.15, -0.1) is 0 Å². The summed E-state index contributed by atoms with van der Waals surface area (Å²) in [7, 11) is 0. The number of carbonyl (C=O) groups is 1. The van der Waals surface area contributed by atoms with Gasteiger partial charge < -0.3 is 0 Å². The van der Waals surface area contributed by atoms with E-state index in [0.29, 0.717) is 16.1 Å². The molecule has 4 unspecified atom stereocenters. The summed E-state index contributed by atoms with van der Waals surface area (Å²) in [5, 5.41) is 3.61. The molecule has 3 rings (SSSR count). The third-order valence-electron chi connectivity index (χ3n) is 3.62. The monoisotopic (exact) mass is 490 g/mol. The van der Waals surface area contributed by atoms with E-state index in [2.05, 4.69) is 58.8 Å². The summed E-state index contributed by atoms with van der Waals surface area (Å²) in [6.45, 7) is 0. The van der Waals surface area contributed by atoms with Gasteiger partial charge in [-0.05, 0) is 0 Å². The van der Waals surface area contributed by atoms with Crippen LogP contribution in [0.1, 0.15) is 0 Å². The highest BCUT2D eigenvalue weighted by atomic mass is 32.2. The second-order valence-electron chi connectivity index (χ2n) is 6.18. The van der Waals surface area contributed by atoms with E-state index in [1.807, 2.05) is 23.5 Å². The zero-order valence-corrected chi connectivity index (χ0v) is 20.8. The van der Waals surface area contributed by atoms with E-state index >= 15 is 0 Å². The Morgan fingerprint density at radius 3 is 1.96 bits per heavy atom. The molecule has 4 atom stereocenters. The van der Waals surface area contributed by atoms with Gasteiger partial charge in [0.1, 0.15) is 0 Å². The molecule has 3 fully saturated rings. The molecule has 0 saturated carbocycles. The molecule has 144 valence electrons. The lowest BCUT2D eigenvalue weighted by molar-refractivity contribution is -0.108. The van der Waals surface area contributed by atoms with Crippen molar-refractivity contribution in [3.63, 3.8) is 0 Å². The van der Waals surface area contributed by atoms with Crippen LogP contribution in [-0.4, -0.2) is 89.4 Å². The van der Waals surface area contributed by atoms with Crippen LogP contribution in [0.5, 0.6) is 0 Å². The lowest BCUT2D eigenvalue weighted by Gasteiger charge is -2.15. The largest absolute Gasteiger partial charge is 0.286 e. The van der Waals surface area contributed by atoms with E-state index in [4.69, 9.17) is 0 Å². The van der Waals surface area contributed by atoms with E-state index in [9.17, 15) is 4.79 Å². The maximum absolute atomic E-state index is 12.3. The van der Waals surface area contributed by atoms with Gasteiger partial charge >= 0.3 is 0 Å². The Morgan fingerprint density at radius 2 is 1.32 bits per heavy atom. The Kier molecular flexibility index (Phi) is 11.4. The molecule has 0 amide bonds. The Labute approximate surface area is 186 Å². The summed E-state index contributed by atoms with van der Waals surface area (Å²) in [6, 6.07) is 0. The molecular formula is C16H26OS8. The van der Waals surface area contributed by atoms with Crippen molar-refractivity contribution in [2.45, 2.75) is 21.0 Å². The summed E-state index contributed by atoms with van der Waals surface area (Å²) in [5.74, 6) is 13.3. The second kappa shape index (κ2) is 12.9. The molecule has 3 aliphatic rings. The number of rotatable bonds is 16. The van der Waals surface area contributed by atoms with Crippen LogP contribution >= 0.6 is 94.1 Å². The molecule has 3 heterocycles. The fourth-order valence-electron chi connectivity index (χ4n) is 1.98. The van der Waals surface area contributed by atoms with Crippen molar-refractivity contribution in [2.75, 3.05) is 63.3 Å². The first-order chi connectivity index (χ1) is 12.3. The van der Waals surface area contributed by atoms with Gasteiger partial charge in [-0.2, -0.15) is 82.3 Å². The highest BCUT2D eigenvalue weighted by molar-refractivity contribution is 8.17. The lowest BCUT2D eigenvalue weighted by Crippen LogP contribution is -2.16. The smallest absolute Gasteiger partial charge is 0.199 e. The van der Waals surface area contributed by atoms with Gasteiger partial charge in [0.25, 0.3) is 0 Å². The Bertz CT molecular complexity index is 398. The minimum absolute atomic E-state index is 0.405. The summed E-state index contributed by atoms with van der Waals surface area (Å²) < 4.78 is 0. The average molecular weight is 491 g/mol. The number of hydrogen-bond donors (Lipinski definition) is 0. The van der Waals surface area contributed by atoms with Crippen molar-refractivity contribution >= 4 is 99.2 Å². The fourth-order valence-corrected chi connectivity index (χ4v) is 11.0. The van der Waals surface area contributed by atoms with Crippen molar-refractivity contribution in [3.05, 3.63) is 0 Å². The molecule has 1 nitrogen and oxygen atoms in total. The molecule has 0 aromatic heterocycles. The molecule has 0 aromatic carbocycles. The van der Waals surface area contributed by atoms with Gasteiger partial charge in [-0.25, -0.2) is 0 Å². The predicted octanol–water partition coefficient (Wildman–Crippen LogP) is 4.89. The van der Waals surface area contributed by atoms with Crippen molar-refractivity contribution in [2.24, 2.45) is 0 Å². The quantitative estimate of drug-likeness (QED) is 0.220. The molecule has 0 aliphatic carbocycles. The van der Waals surface area contributed by atoms with E-state index in [1.165, 1.54) is 46.0 Å². The Balaban J connectivity index is 1.24. The molecule has 3 saturated heterocycles. The standard InChI is InChI=1S/C16H26OS8/c17-16(11-21-5-14-10-24-14)25-15(7-20-4-13-9-23-13)6-19-2-1-18-3-12-8-22-12/h12-15H,1-11H2. The lowest BCUT2D eigenvalue weighted by atomic mass is 10.5. The van der Waals surface area contributed by atoms with Crippen LogP contribution < -0.4 is 0 Å². The minimum Gasteiger partial charge on any atom is -0.286 e. The molecule has 3 aliphatic heterocycles. The van der Waals surface area contributed by atoms with Gasteiger partial charge in [-0.1, -0.05) is 11.8 Å². The van der Waals surface area contributed by atoms with E-state index in [0.717, 1.165) is 27.3 Å². The zero-order valence-electron chi connectivity index (χ0n) is 14.3. The molecule has 0 spiro atoms. The Morgan fingerprint density at radius 1 is 0.800 bits per heavy atom. The van der Waals surface area contributed by atoms with Crippen LogP contribution in [0.15, 0.2) is 0 Å². The molecule has 0 aromatic rings. The van der Waals surface area contributed by atoms with Gasteiger partial charge in [0, 0.05) is 78.5 Å². The van der Waals surface area contributed by atoms with Crippen molar-refractivity contribution < 1.29 is 4.79 Å².